The average Bonchev–Trinajstić information content (AvgIpc) is 1.55. The zero-order chi connectivity index (χ0) is 9.12. The maximum absolute atomic E-state index is 10.6. The molecule has 7 heteroatoms. The van der Waals surface area contributed by atoms with Gasteiger partial charge in [0.1, 0.15) is 0 Å². The van der Waals surface area contributed by atoms with Crippen LogP contribution in [0.2, 0.25) is 0 Å². The maximum atomic E-state index is 10.6. The fraction of sp³-hybridized carbons (Fsp3) is 1.00. The topological polar surface area (TPSA) is 77.5 Å². The first-order valence-electron chi connectivity index (χ1n) is 2.81. The molecule has 0 radical (unpaired) electrons. The Kier molecular flexibility index (Phi) is 3.46. The Labute approximate surface area is 66.4 Å². The Balaban J connectivity index is 4.40. The molecule has 0 bridgehead atoms. The lowest BCUT2D eigenvalue weighted by molar-refractivity contribution is 0.341. The summed E-state index contributed by atoms with van der Waals surface area (Å²) in [6.45, 7) is 1.43. The van der Waals surface area contributed by atoms with E-state index in [1.54, 1.807) is 0 Å². The molecule has 5 nitrogen and oxygen atoms in total. The number of sulfone groups is 1. The Morgan fingerprint density at radius 2 is 1.64 bits per heavy atom. The van der Waals surface area contributed by atoms with Crippen LogP contribution in [-0.4, -0.2) is 34.8 Å². The van der Waals surface area contributed by atoms with Crippen molar-refractivity contribution in [2.24, 2.45) is 0 Å². The normalized spacial score (nSPS) is 13.3. The van der Waals surface area contributed by atoms with Crippen molar-refractivity contribution < 1.29 is 21.0 Å². The maximum Gasteiger partial charge on any atom is 0.281 e. The standard InChI is InChI=1S/C4H10O5S2/c1-3-9-11(7,8)4-10(2,5)6/h3-4H2,1-2H3. The third-order valence-corrected chi connectivity index (χ3v) is 4.12. The average molecular weight is 202 g/mol. The first-order valence-corrected chi connectivity index (χ1v) is 6.45. The molecule has 0 saturated carbocycles. The quantitative estimate of drug-likeness (QED) is 0.566. The first kappa shape index (κ1) is 10.9. The van der Waals surface area contributed by atoms with Crippen LogP contribution in [0.5, 0.6) is 0 Å². The molecule has 0 N–H and O–H groups in total. The largest absolute Gasteiger partial charge is 0.281 e. The van der Waals surface area contributed by atoms with E-state index in [-0.39, 0.29) is 6.61 Å². The van der Waals surface area contributed by atoms with Crippen LogP contribution in [0, 0.1) is 0 Å². The lowest BCUT2D eigenvalue weighted by atomic mass is 10.9. The highest BCUT2D eigenvalue weighted by Crippen LogP contribution is 1.97. The molecule has 0 atom stereocenters. The van der Waals surface area contributed by atoms with E-state index in [0.717, 1.165) is 6.26 Å². The molecular weight excluding hydrogens is 192 g/mol. The van der Waals surface area contributed by atoms with Crippen LogP contribution in [0.4, 0.5) is 0 Å². The van der Waals surface area contributed by atoms with Crippen LogP contribution >= 0.6 is 0 Å². The van der Waals surface area contributed by atoms with Crippen molar-refractivity contribution in [2.75, 3.05) is 17.9 Å². The van der Waals surface area contributed by atoms with Gasteiger partial charge in [-0.05, 0) is 6.92 Å². The van der Waals surface area contributed by atoms with Crippen LogP contribution in [0.3, 0.4) is 0 Å². The molecule has 0 spiro atoms. The smallest absolute Gasteiger partial charge is 0.270 e. The summed E-state index contributed by atoms with van der Waals surface area (Å²) in [5.74, 6) is 0. The molecule has 0 unspecified atom stereocenters. The zero-order valence-electron chi connectivity index (χ0n) is 6.27. The van der Waals surface area contributed by atoms with Crippen molar-refractivity contribution in [3.8, 4) is 0 Å². The van der Waals surface area contributed by atoms with Crippen molar-refractivity contribution in [1.82, 2.24) is 0 Å². The van der Waals surface area contributed by atoms with Crippen molar-refractivity contribution in [2.45, 2.75) is 6.92 Å². The molecule has 68 valence electrons. The number of hydrogen-bond acceptors (Lipinski definition) is 5. The predicted octanol–water partition coefficient (Wildman–Crippen LogP) is -0.645. The fourth-order valence-corrected chi connectivity index (χ4v) is 3.20. The lowest BCUT2D eigenvalue weighted by Crippen LogP contribution is -2.17. The molecule has 0 aromatic heterocycles. The van der Waals surface area contributed by atoms with Crippen molar-refractivity contribution in [1.29, 1.82) is 0 Å². The second-order valence-corrected chi connectivity index (χ2v) is 6.15. The van der Waals surface area contributed by atoms with Gasteiger partial charge in [0, 0.05) is 6.26 Å². The van der Waals surface area contributed by atoms with Crippen molar-refractivity contribution in [3.05, 3.63) is 0 Å². The molecule has 0 rings (SSSR count). The Bertz CT molecular complexity index is 297. The van der Waals surface area contributed by atoms with E-state index in [9.17, 15) is 16.8 Å². The second-order valence-electron chi connectivity index (χ2n) is 2.01. The minimum atomic E-state index is -3.88. The van der Waals surface area contributed by atoms with Gasteiger partial charge < -0.3 is 0 Å². The summed E-state index contributed by atoms with van der Waals surface area (Å²) in [5, 5.41) is -0.951. The van der Waals surface area contributed by atoms with Crippen molar-refractivity contribution >= 4 is 20.0 Å². The first-order chi connectivity index (χ1) is 4.77. The Hall–Kier alpha value is -0.140. The highest BCUT2D eigenvalue weighted by Gasteiger charge is 2.17. The van der Waals surface area contributed by atoms with E-state index in [1.807, 2.05) is 0 Å². The van der Waals surface area contributed by atoms with E-state index in [0.29, 0.717) is 0 Å². The van der Waals surface area contributed by atoms with Gasteiger partial charge in [-0.1, -0.05) is 0 Å². The molecule has 0 heterocycles. The summed E-state index contributed by atoms with van der Waals surface area (Å²) in [6, 6.07) is 0. The van der Waals surface area contributed by atoms with E-state index < -0.39 is 25.0 Å². The Morgan fingerprint density at radius 3 is 1.91 bits per heavy atom. The molecule has 0 aromatic carbocycles. The summed E-state index contributed by atoms with van der Waals surface area (Å²) >= 11 is 0. The van der Waals surface area contributed by atoms with Crippen LogP contribution in [-0.2, 0) is 24.1 Å². The summed E-state index contributed by atoms with van der Waals surface area (Å²) in [4.78, 5) is 0. The van der Waals surface area contributed by atoms with Gasteiger partial charge in [-0.25, -0.2) is 8.42 Å². The molecule has 0 fully saturated rings. The van der Waals surface area contributed by atoms with E-state index in [4.69, 9.17) is 0 Å². The van der Waals surface area contributed by atoms with Gasteiger partial charge >= 0.3 is 0 Å². The molecule has 0 aromatic rings. The summed E-state index contributed by atoms with van der Waals surface area (Å²) in [5.41, 5.74) is 0. The van der Waals surface area contributed by atoms with Crippen molar-refractivity contribution in [3.63, 3.8) is 0 Å². The highest BCUT2D eigenvalue weighted by atomic mass is 32.3. The fourth-order valence-electron chi connectivity index (χ4n) is 0.476. The lowest BCUT2D eigenvalue weighted by Gasteiger charge is -1.99. The second kappa shape index (κ2) is 3.51. The van der Waals surface area contributed by atoms with E-state index >= 15 is 0 Å². The van der Waals surface area contributed by atoms with Crippen LogP contribution in [0.1, 0.15) is 6.92 Å². The number of rotatable bonds is 4. The predicted molar refractivity (Wildman–Crippen MR) is 40.3 cm³/mol. The number of hydrogen-bond donors (Lipinski definition) is 0. The van der Waals surface area contributed by atoms with Crippen LogP contribution in [0.15, 0.2) is 0 Å². The van der Waals surface area contributed by atoms with Gasteiger partial charge in [0.25, 0.3) is 10.1 Å². The van der Waals surface area contributed by atoms with E-state index in [1.165, 1.54) is 6.92 Å². The van der Waals surface area contributed by atoms with E-state index in [2.05, 4.69) is 4.18 Å². The monoisotopic (exact) mass is 202 g/mol. The highest BCUT2D eigenvalue weighted by molar-refractivity contribution is 8.05. The summed E-state index contributed by atoms with van der Waals surface area (Å²) < 4.78 is 46.4. The third-order valence-electron chi connectivity index (χ3n) is 0.656. The zero-order valence-corrected chi connectivity index (χ0v) is 7.90. The molecule has 0 aliphatic rings. The molecule has 0 saturated heterocycles. The molecule has 11 heavy (non-hydrogen) atoms. The van der Waals surface area contributed by atoms with Gasteiger partial charge in [0.2, 0.25) is 0 Å². The third kappa shape index (κ3) is 6.27. The van der Waals surface area contributed by atoms with Crippen LogP contribution < -0.4 is 0 Å². The molecule has 0 amide bonds. The summed E-state index contributed by atoms with van der Waals surface area (Å²) in [7, 11) is -7.39. The van der Waals surface area contributed by atoms with Crippen LogP contribution in [0.25, 0.3) is 0 Å². The molecular formula is C4H10O5S2. The van der Waals surface area contributed by atoms with Gasteiger partial charge in [-0.3, -0.25) is 4.18 Å². The van der Waals surface area contributed by atoms with Gasteiger partial charge in [-0.2, -0.15) is 8.42 Å². The van der Waals surface area contributed by atoms with Gasteiger partial charge in [0.05, 0.1) is 6.61 Å². The summed E-state index contributed by atoms with van der Waals surface area (Å²) in [6.07, 6.45) is 0.837. The van der Waals surface area contributed by atoms with Gasteiger partial charge in [0.15, 0.2) is 14.9 Å². The molecule has 0 aliphatic carbocycles. The minimum Gasteiger partial charge on any atom is -0.270 e. The molecule has 0 aliphatic heterocycles. The minimum absolute atomic E-state index is 0.0438. The Morgan fingerprint density at radius 1 is 1.18 bits per heavy atom. The SMILES string of the molecule is CCOS(=O)(=O)CS(C)(=O)=O. The van der Waals surface area contributed by atoms with Gasteiger partial charge in [-0.15, -0.1) is 0 Å².